The van der Waals surface area contributed by atoms with Crippen molar-refractivity contribution in [2.75, 3.05) is 0 Å². The Hall–Kier alpha value is -2.88. The maximum Gasteiger partial charge on any atom is 0.294 e. The largest absolute Gasteiger partial charge is 0.344 e. The van der Waals surface area contributed by atoms with Gasteiger partial charge in [-0.3, -0.25) is 10.1 Å². The van der Waals surface area contributed by atoms with E-state index in [1.165, 1.54) is 6.20 Å². The SMILES string of the molecule is C=C(C)c1c(/C=C/C=C/c2ccccc2)c([N+](=O)[O-])cn1C. The maximum atomic E-state index is 11.2. The highest BCUT2D eigenvalue weighted by molar-refractivity contribution is 5.76. The van der Waals surface area contributed by atoms with Crippen molar-refractivity contribution in [2.45, 2.75) is 6.92 Å². The standard InChI is InChI=1S/C18H18N2O2/c1-14(2)18-16(17(20(21)22)13-19(18)3)12-8-7-11-15-9-5-4-6-10-15/h4-13H,1H2,2-3H3/b11-7+,12-8+. The minimum Gasteiger partial charge on any atom is -0.344 e. The van der Waals surface area contributed by atoms with Crippen LogP contribution < -0.4 is 0 Å². The van der Waals surface area contributed by atoms with E-state index in [-0.39, 0.29) is 10.6 Å². The highest BCUT2D eigenvalue weighted by Gasteiger charge is 2.20. The Balaban J connectivity index is 2.32. The summed E-state index contributed by atoms with van der Waals surface area (Å²) in [5.41, 5.74) is 3.32. The van der Waals surface area contributed by atoms with Gasteiger partial charge in [-0.2, -0.15) is 0 Å². The Kier molecular flexibility index (Phi) is 4.73. The Morgan fingerprint density at radius 1 is 1.23 bits per heavy atom. The molecule has 0 spiro atoms. The molecular formula is C18H18N2O2. The van der Waals surface area contributed by atoms with E-state index >= 15 is 0 Å². The first-order valence-corrected chi connectivity index (χ1v) is 6.90. The summed E-state index contributed by atoms with van der Waals surface area (Å²) in [5, 5.41) is 11.2. The van der Waals surface area contributed by atoms with Gasteiger partial charge in [0.15, 0.2) is 0 Å². The molecule has 4 nitrogen and oxygen atoms in total. The number of nitro groups is 1. The molecule has 2 rings (SSSR count). The van der Waals surface area contributed by atoms with Crippen molar-refractivity contribution < 1.29 is 4.92 Å². The maximum absolute atomic E-state index is 11.2. The van der Waals surface area contributed by atoms with Crippen molar-refractivity contribution in [1.29, 1.82) is 0 Å². The van der Waals surface area contributed by atoms with E-state index in [1.54, 1.807) is 17.7 Å². The minimum absolute atomic E-state index is 0.0878. The van der Waals surface area contributed by atoms with Gasteiger partial charge in [0, 0.05) is 7.05 Å². The van der Waals surface area contributed by atoms with Gasteiger partial charge in [-0.05, 0) is 24.1 Å². The Morgan fingerprint density at radius 2 is 1.86 bits per heavy atom. The summed E-state index contributed by atoms with van der Waals surface area (Å²) >= 11 is 0. The topological polar surface area (TPSA) is 48.1 Å². The van der Waals surface area contributed by atoms with Crippen LogP contribution in [0.25, 0.3) is 17.7 Å². The van der Waals surface area contributed by atoms with Crippen molar-refractivity contribution in [2.24, 2.45) is 7.05 Å². The molecule has 4 heteroatoms. The molecule has 0 amide bonds. The van der Waals surface area contributed by atoms with Crippen LogP contribution in [0.1, 0.15) is 23.7 Å². The molecule has 0 saturated heterocycles. The zero-order chi connectivity index (χ0) is 16.1. The van der Waals surface area contributed by atoms with E-state index in [0.29, 0.717) is 5.56 Å². The van der Waals surface area contributed by atoms with Crippen LogP contribution in [0.15, 0.2) is 55.3 Å². The fourth-order valence-electron chi connectivity index (χ4n) is 2.35. The van der Waals surface area contributed by atoms with E-state index < -0.39 is 0 Å². The van der Waals surface area contributed by atoms with E-state index in [4.69, 9.17) is 0 Å². The third-order valence-corrected chi connectivity index (χ3v) is 3.26. The van der Waals surface area contributed by atoms with Crippen LogP contribution in [0.2, 0.25) is 0 Å². The van der Waals surface area contributed by atoms with Crippen LogP contribution >= 0.6 is 0 Å². The number of allylic oxidation sites excluding steroid dienone is 3. The van der Waals surface area contributed by atoms with Crippen molar-refractivity contribution in [3.8, 4) is 0 Å². The summed E-state index contributed by atoms with van der Waals surface area (Å²) in [6.45, 7) is 5.74. The van der Waals surface area contributed by atoms with Gasteiger partial charge >= 0.3 is 0 Å². The summed E-state index contributed by atoms with van der Waals surface area (Å²) in [4.78, 5) is 10.8. The van der Waals surface area contributed by atoms with Crippen LogP contribution in [0, 0.1) is 10.1 Å². The van der Waals surface area contributed by atoms with Crippen molar-refractivity contribution in [3.05, 3.63) is 82.2 Å². The molecule has 1 heterocycles. The first-order chi connectivity index (χ1) is 10.5. The number of aromatic nitrogens is 1. The molecule has 0 aliphatic rings. The predicted molar refractivity (Wildman–Crippen MR) is 91.3 cm³/mol. The van der Waals surface area contributed by atoms with Gasteiger partial charge in [-0.25, -0.2) is 0 Å². The summed E-state index contributed by atoms with van der Waals surface area (Å²) in [7, 11) is 1.79. The van der Waals surface area contributed by atoms with E-state index in [1.807, 2.05) is 55.5 Å². The zero-order valence-corrected chi connectivity index (χ0v) is 12.7. The van der Waals surface area contributed by atoms with Crippen LogP contribution in [0.5, 0.6) is 0 Å². The molecule has 0 saturated carbocycles. The number of hydrogen-bond acceptors (Lipinski definition) is 2. The lowest BCUT2D eigenvalue weighted by molar-refractivity contribution is -0.385. The molecule has 0 atom stereocenters. The molecule has 2 aromatic rings. The molecule has 0 fully saturated rings. The van der Waals surface area contributed by atoms with E-state index in [2.05, 4.69) is 6.58 Å². The molecule has 0 aliphatic heterocycles. The van der Waals surface area contributed by atoms with Crippen LogP contribution in [-0.2, 0) is 7.05 Å². The summed E-state index contributed by atoms with van der Waals surface area (Å²) in [6.07, 6.45) is 8.90. The van der Waals surface area contributed by atoms with Gasteiger partial charge in [0.05, 0.1) is 22.4 Å². The molecule has 1 aromatic heterocycles. The fourth-order valence-corrected chi connectivity index (χ4v) is 2.35. The monoisotopic (exact) mass is 294 g/mol. The van der Waals surface area contributed by atoms with Crippen molar-refractivity contribution >= 4 is 23.4 Å². The van der Waals surface area contributed by atoms with Gasteiger partial charge in [-0.1, -0.05) is 55.1 Å². The molecule has 0 N–H and O–H groups in total. The molecule has 0 unspecified atom stereocenters. The van der Waals surface area contributed by atoms with E-state index in [0.717, 1.165) is 16.8 Å². The molecule has 0 aliphatic carbocycles. The lowest BCUT2D eigenvalue weighted by Crippen LogP contribution is -1.93. The predicted octanol–water partition coefficient (Wildman–Crippen LogP) is 4.69. The second-order valence-electron chi connectivity index (χ2n) is 5.05. The highest BCUT2D eigenvalue weighted by Crippen LogP contribution is 2.29. The summed E-state index contributed by atoms with van der Waals surface area (Å²) < 4.78 is 1.74. The quantitative estimate of drug-likeness (QED) is 0.456. The van der Waals surface area contributed by atoms with Gasteiger partial charge < -0.3 is 4.57 Å². The second kappa shape index (κ2) is 6.72. The summed E-state index contributed by atoms with van der Waals surface area (Å²) in [5.74, 6) is 0. The normalized spacial score (nSPS) is 11.4. The number of benzene rings is 1. The molecule has 0 radical (unpaired) electrons. The van der Waals surface area contributed by atoms with Gasteiger partial charge in [0.1, 0.15) is 0 Å². The number of nitrogens with zero attached hydrogens (tertiary/aromatic N) is 2. The third kappa shape index (κ3) is 3.41. The molecular weight excluding hydrogens is 276 g/mol. The van der Waals surface area contributed by atoms with Crippen LogP contribution in [-0.4, -0.2) is 9.49 Å². The van der Waals surface area contributed by atoms with Crippen LogP contribution in [0.4, 0.5) is 5.69 Å². The first-order valence-electron chi connectivity index (χ1n) is 6.90. The smallest absolute Gasteiger partial charge is 0.294 e. The van der Waals surface area contributed by atoms with E-state index in [9.17, 15) is 10.1 Å². The molecule has 1 aromatic carbocycles. The molecule has 112 valence electrons. The van der Waals surface area contributed by atoms with Crippen LogP contribution in [0.3, 0.4) is 0 Å². The summed E-state index contributed by atoms with van der Waals surface area (Å²) in [6, 6.07) is 9.87. The average molecular weight is 294 g/mol. The lowest BCUT2D eigenvalue weighted by atomic mass is 10.1. The number of hydrogen-bond donors (Lipinski definition) is 0. The van der Waals surface area contributed by atoms with Gasteiger partial charge in [-0.15, -0.1) is 0 Å². The lowest BCUT2D eigenvalue weighted by Gasteiger charge is -2.02. The third-order valence-electron chi connectivity index (χ3n) is 3.26. The highest BCUT2D eigenvalue weighted by atomic mass is 16.6. The molecule has 22 heavy (non-hydrogen) atoms. The zero-order valence-electron chi connectivity index (χ0n) is 12.7. The van der Waals surface area contributed by atoms with Gasteiger partial charge in [0.2, 0.25) is 0 Å². The number of aryl methyl sites for hydroxylation is 1. The minimum atomic E-state index is -0.368. The Morgan fingerprint density at radius 3 is 2.45 bits per heavy atom. The molecule has 0 bridgehead atoms. The Labute approximate surface area is 129 Å². The Bertz CT molecular complexity index is 753. The van der Waals surface area contributed by atoms with Crippen molar-refractivity contribution in [3.63, 3.8) is 0 Å². The van der Waals surface area contributed by atoms with Crippen molar-refractivity contribution in [1.82, 2.24) is 4.57 Å². The average Bonchev–Trinajstić information content (AvgIpc) is 2.82. The van der Waals surface area contributed by atoms with Gasteiger partial charge in [0.25, 0.3) is 5.69 Å². The first kappa shape index (κ1) is 15.5. The second-order valence-corrected chi connectivity index (χ2v) is 5.05. The number of rotatable bonds is 5. The fraction of sp³-hybridized carbons (Fsp3) is 0.111.